The van der Waals surface area contributed by atoms with Gasteiger partial charge in [-0.05, 0) is 24.5 Å². The molecule has 3 N–H and O–H groups in total. The topological polar surface area (TPSA) is 75.4 Å². The number of benzene rings is 1. The van der Waals surface area contributed by atoms with Gasteiger partial charge in [-0.3, -0.25) is 9.59 Å². The number of carbonyl (C=O) groups excluding carboxylic acids is 2. The third-order valence-corrected chi connectivity index (χ3v) is 3.79. The van der Waals surface area contributed by atoms with Crippen LogP contribution in [0, 0.1) is 0 Å². The highest BCUT2D eigenvalue weighted by molar-refractivity contribution is 6.01. The van der Waals surface area contributed by atoms with Crippen molar-refractivity contribution < 1.29 is 9.59 Å². The lowest BCUT2D eigenvalue weighted by atomic mass is 10.2. The first-order chi connectivity index (χ1) is 9.10. The Labute approximate surface area is 111 Å². The summed E-state index contributed by atoms with van der Waals surface area (Å²) in [7, 11) is 0. The Hall–Kier alpha value is -1.88. The zero-order chi connectivity index (χ0) is 13.5. The lowest BCUT2D eigenvalue weighted by Gasteiger charge is -2.18. The molecule has 0 bridgehead atoms. The Morgan fingerprint density at radius 3 is 2.84 bits per heavy atom. The molecule has 3 rings (SSSR count). The molecule has 0 saturated heterocycles. The number of amides is 2. The molecule has 1 aromatic rings. The predicted molar refractivity (Wildman–Crippen MR) is 71.7 cm³/mol. The smallest absolute Gasteiger partial charge is 0.240 e. The molecule has 19 heavy (non-hydrogen) atoms. The maximum absolute atomic E-state index is 11.9. The molecule has 5 nitrogen and oxygen atoms in total. The van der Waals surface area contributed by atoms with Crippen molar-refractivity contribution in [1.29, 1.82) is 0 Å². The molecule has 5 heteroatoms. The third kappa shape index (κ3) is 2.21. The number of hydrogen-bond donors (Lipinski definition) is 2. The van der Waals surface area contributed by atoms with Gasteiger partial charge < -0.3 is 16.0 Å². The summed E-state index contributed by atoms with van der Waals surface area (Å²) in [5, 5.41) is 2.81. The van der Waals surface area contributed by atoms with E-state index in [-0.39, 0.29) is 11.8 Å². The summed E-state index contributed by atoms with van der Waals surface area (Å²) < 4.78 is 0. The van der Waals surface area contributed by atoms with Gasteiger partial charge in [-0.15, -0.1) is 0 Å². The van der Waals surface area contributed by atoms with Gasteiger partial charge in [0.25, 0.3) is 0 Å². The maximum Gasteiger partial charge on any atom is 0.240 e. The molecule has 1 aliphatic heterocycles. The molecule has 1 heterocycles. The Bertz CT molecular complexity index is 537. The fourth-order valence-electron chi connectivity index (χ4n) is 2.38. The van der Waals surface area contributed by atoms with Gasteiger partial charge >= 0.3 is 0 Å². The van der Waals surface area contributed by atoms with Gasteiger partial charge in [0.05, 0.1) is 12.0 Å². The molecule has 2 aliphatic rings. The van der Waals surface area contributed by atoms with Crippen molar-refractivity contribution in [2.75, 3.05) is 18.0 Å². The highest BCUT2D eigenvalue weighted by Crippen LogP contribution is 2.32. The number of rotatable bonds is 4. The molecule has 1 fully saturated rings. The Morgan fingerprint density at radius 1 is 1.37 bits per heavy atom. The van der Waals surface area contributed by atoms with Crippen LogP contribution in [0.5, 0.6) is 0 Å². The minimum absolute atomic E-state index is 0.0873. The molecular weight excluding hydrogens is 242 g/mol. The van der Waals surface area contributed by atoms with Gasteiger partial charge in [-0.2, -0.15) is 0 Å². The van der Waals surface area contributed by atoms with E-state index in [0.29, 0.717) is 19.5 Å². The lowest BCUT2D eigenvalue weighted by Crippen LogP contribution is -2.45. The molecule has 0 unspecified atom stereocenters. The number of para-hydroxylation sites is 1. The summed E-state index contributed by atoms with van der Waals surface area (Å²) in [6, 6.07) is 7.75. The van der Waals surface area contributed by atoms with Gasteiger partial charge in [-0.1, -0.05) is 18.2 Å². The van der Waals surface area contributed by atoms with Crippen LogP contribution in [0.3, 0.4) is 0 Å². The Balaban J connectivity index is 1.58. The zero-order valence-electron chi connectivity index (χ0n) is 10.7. The Morgan fingerprint density at radius 2 is 2.11 bits per heavy atom. The van der Waals surface area contributed by atoms with Crippen molar-refractivity contribution in [3.8, 4) is 0 Å². The minimum Gasteiger partial charge on any atom is -0.353 e. The molecule has 0 radical (unpaired) electrons. The molecule has 0 spiro atoms. The highest BCUT2D eigenvalue weighted by atomic mass is 16.2. The first-order valence-electron chi connectivity index (χ1n) is 6.56. The Kier molecular flexibility index (Phi) is 2.78. The minimum atomic E-state index is -0.646. The quantitative estimate of drug-likeness (QED) is 0.810. The monoisotopic (exact) mass is 259 g/mol. The van der Waals surface area contributed by atoms with Crippen LogP contribution in [-0.4, -0.2) is 30.4 Å². The number of nitrogens with one attached hydrogen (secondary N) is 1. The molecule has 2 amide bonds. The third-order valence-electron chi connectivity index (χ3n) is 3.79. The van der Waals surface area contributed by atoms with E-state index < -0.39 is 5.54 Å². The average Bonchev–Trinajstić information content (AvgIpc) is 3.07. The molecule has 0 aromatic heterocycles. The molecular formula is C14H17N3O2. The fourth-order valence-corrected chi connectivity index (χ4v) is 2.38. The van der Waals surface area contributed by atoms with E-state index in [4.69, 9.17) is 5.73 Å². The summed E-state index contributed by atoms with van der Waals surface area (Å²) in [5.74, 6) is -0.0169. The predicted octanol–water partition coefficient (Wildman–Crippen LogP) is 0.183. The van der Waals surface area contributed by atoms with E-state index in [1.54, 1.807) is 4.90 Å². The van der Waals surface area contributed by atoms with Crippen LogP contribution in [0.1, 0.15) is 18.4 Å². The van der Waals surface area contributed by atoms with Crippen LogP contribution in [-0.2, 0) is 16.0 Å². The average molecular weight is 259 g/mol. The second-order valence-corrected chi connectivity index (χ2v) is 5.26. The van der Waals surface area contributed by atoms with Crippen molar-refractivity contribution in [3.05, 3.63) is 29.8 Å². The summed E-state index contributed by atoms with van der Waals surface area (Å²) in [5.41, 5.74) is 7.16. The van der Waals surface area contributed by atoms with E-state index in [1.807, 2.05) is 24.3 Å². The summed E-state index contributed by atoms with van der Waals surface area (Å²) in [6.07, 6.45) is 1.96. The molecule has 0 atom stereocenters. The van der Waals surface area contributed by atoms with Gasteiger partial charge in [0, 0.05) is 18.8 Å². The number of fused-ring (bicyclic) bond motifs is 1. The molecule has 1 saturated carbocycles. The molecule has 1 aliphatic carbocycles. The number of nitrogens with zero attached hydrogens (tertiary/aromatic N) is 1. The van der Waals surface area contributed by atoms with Crippen LogP contribution in [0.2, 0.25) is 0 Å². The first-order valence-corrected chi connectivity index (χ1v) is 6.56. The highest BCUT2D eigenvalue weighted by Gasteiger charge is 2.45. The van der Waals surface area contributed by atoms with Crippen molar-refractivity contribution in [1.82, 2.24) is 5.32 Å². The number of carbonyl (C=O) groups is 2. The van der Waals surface area contributed by atoms with E-state index in [2.05, 4.69) is 5.32 Å². The van der Waals surface area contributed by atoms with E-state index in [0.717, 1.165) is 24.1 Å². The van der Waals surface area contributed by atoms with Crippen LogP contribution in [0.15, 0.2) is 24.3 Å². The van der Waals surface area contributed by atoms with Crippen LogP contribution in [0.4, 0.5) is 5.69 Å². The van der Waals surface area contributed by atoms with Gasteiger partial charge in [0.2, 0.25) is 11.8 Å². The van der Waals surface area contributed by atoms with E-state index >= 15 is 0 Å². The SMILES string of the molecule is NC1(C(=O)NCCN2C(=O)Cc3ccccc32)CC1. The number of hydrogen-bond acceptors (Lipinski definition) is 3. The van der Waals surface area contributed by atoms with Gasteiger partial charge in [0.15, 0.2) is 0 Å². The summed E-state index contributed by atoms with van der Waals surface area (Å²) in [6.45, 7) is 0.940. The van der Waals surface area contributed by atoms with Crippen molar-refractivity contribution >= 4 is 17.5 Å². The summed E-state index contributed by atoms with van der Waals surface area (Å²) >= 11 is 0. The van der Waals surface area contributed by atoms with Crippen LogP contribution >= 0.6 is 0 Å². The van der Waals surface area contributed by atoms with Crippen molar-refractivity contribution in [2.24, 2.45) is 5.73 Å². The molecule has 100 valence electrons. The second-order valence-electron chi connectivity index (χ2n) is 5.26. The maximum atomic E-state index is 11.9. The van der Waals surface area contributed by atoms with Crippen molar-refractivity contribution in [3.63, 3.8) is 0 Å². The lowest BCUT2D eigenvalue weighted by molar-refractivity contribution is -0.123. The van der Waals surface area contributed by atoms with E-state index in [9.17, 15) is 9.59 Å². The van der Waals surface area contributed by atoms with Crippen molar-refractivity contribution in [2.45, 2.75) is 24.8 Å². The van der Waals surface area contributed by atoms with E-state index in [1.165, 1.54) is 0 Å². The standard InChI is InChI=1S/C14H17N3O2/c15-14(5-6-14)13(19)16-7-8-17-11-4-2-1-3-10(11)9-12(17)18/h1-4H,5-9,15H2,(H,16,19). The van der Waals surface area contributed by atoms with Gasteiger partial charge in [-0.25, -0.2) is 0 Å². The largest absolute Gasteiger partial charge is 0.353 e. The first kappa shape index (κ1) is 12.2. The number of anilines is 1. The summed E-state index contributed by atoms with van der Waals surface area (Å²) in [4.78, 5) is 25.3. The second kappa shape index (κ2) is 4.35. The zero-order valence-corrected chi connectivity index (χ0v) is 10.7. The van der Waals surface area contributed by atoms with Crippen LogP contribution in [0.25, 0.3) is 0 Å². The van der Waals surface area contributed by atoms with Crippen LogP contribution < -0.4 is 16.0 Å². The normalized spacial score (nSPS) is 19.2. The number of nitrogens with two attached hydrogens (primary N) is 1. The molecule has 1 aromatic carbocycles. The fraction of sp³-hybridized carbons (Fsp3) is 0.429. The van der Waals surface area contributed by atoms with Gasteiger partial charge in [0.1, 0.15) is 0 Å².